The molecule has 2 aromatic rings. The van der Waals surface area contributed by atoms with Crippen LogP contribution in [0.2, 0.25) is 0 Å². The summed E-state index contributed by atoms with van der Waals surface area (Å²) in [7, 11) is 3.34. The molecule has 0 unspecified atom stereocenters. The standard InChI is InChI=1S/C26H36N2O4/c1-19(2)15-28(26(29)21-8-6-20(3)7-9-21)18-24-17-27(12-13-32-24)16-22-10-11-23(30-4)14-25(22)31-5/h6-11,14,19,24H,12-13,15-18H2,1-5H3/t24-/m1/s1. The van der Waals surface area contributed by atoms with Crippen LogP contribution in [0.25, 0.3) is 0 Å². The lowest BCUT2D eigenvalue weighted by Crippen LogP contribution is -2.49. The molecule has 2 aromatic carbocycles. The topological polar surface area (TPSA) is 51.2 Å². The third-order valence-corrected chi connectivity index (χ3v) is 5.71. The highest BCUT2D eigenvalue weighted by Gasteiger charge is 2.26. The van der Waals surface area contributed by atoms with Crippen LogP contribution in [0.5, 0.6) is 11.5 Å². The summed E-state index contributed by atoms with van der Waals surface area (Å²) in [5.41, 5.74) is 2.99. The van der Waals surface area contributed by atoms with Crippen molar-refractivity contribution < 1.29 is 19.0 Å². The third-order valence-electron chi connectivity index (χ3n) is 5.71. The second-order valence-electron chi connectivity index (χ2n) is 8.88. The zero-order valence-corrected chi connectivity index (χ0v) is 20.0. The number of carbonyl (C=O) groups excluding carboxylic acids is 1. The third kappa shape index (κ3) is 6.47. The molecule has 1 aliphatic rings. The lowest BCUT2D eigenvalue weighted by Gasteiger charge is -2.36. The summed E-state index contributed by atoms with van der Waals surface area (Å²) >= 11 is 0. The molecule has 0 saturated carbocycles. The van der Waals surface area contributed by atoms with E-state index >= 15 is 0 Å². The number of methoxy groups -OCH3 is 2. The van der Waals surface area contributed by atoms with Crippen LogP contribution in [0.1, 0.15) is 35.3 Å². The van der Waals surface area contributed by atoms with Crippen LogP contribution < -0.4 is 9.47 Å². The van der Waals surface area contributed by atoms with Gasteiger partial charge in [0.1, 0.15) is 11.5 Å². The van der Waals surface area contributed by atoms with Crippen molar-refractivity contribution in [3.8, 4) is 11.5 Å². The van der Waals surface area contributed by atoms with Gasteiger partial charge < -0.3 is 19.1 Å². The molecule has 0 bridgehead atoms. The van der Waals surface area contributed by atoms with Crippen molar-refractivity contribution in [2.45, 2.75) is 33.4 Å². The molecule has 1 amide bonds. The molecule has 1 aliphatic heterocycles. The molecular weight excluding hydrogens is 404 g/mol. The fourth-order valence-electron chi connectivity index (χ4n) is 4.06. The number of hydrogen-bond donors (Lipinski definition) is 0. The Balaban J connectivity index is 1.67. The van der Waals surface area contributed by atoms with Crippen molar-refractivity contribution in [2.75, 3.05) is 47.0 Å². The van der Waals surface area contributed by atoms with Gasteiger partial charge in [-0.3, -0.25) is 9.69 Å². The van der Waals surface area contributed by atoms with Crippen molar-refractivity contribution >= 4 is 5.91 Å². The fourth-order valence-corrected chi connectivity index (χ4v) is 4.06. The van der Waals surface area contributed by atoms with Crippen LogP contribution >= 0.6 is 0 Å². The molecular formula is C26H36N2O4. The first-order chi connectivity index (χ1) is 15.4. The first kappa shape index (κ1) is 24.1. The van der Waals surface area contributed by atoms with Crippen molar-refractivity contribution in [1.82, 2.24) is 9.80 Å². The second kappa shape index (κ2) is 11.3. The smallest absolute Gasteiger partial charge is 0.253 e. The Morgan fingerprint density at radius 2 is 1.91 bits per heavy atom. The minimum Gasteiger partial charge on any atom is -0.497 e. The zero-order valence-electron chi connectivity index (χ0n) is 20.0. The number of ether oxygens (including phenoxy) is 3. The van der Waals surface area contributed by atoms with E-state index in [4.69, 9.17) is 14.2 Å². The summed E-state index contributed by atoms with van der Waals surface area (Å²) in [5.74, 6) is 2.05. The molecule has 1 atom stereocenters. The second-order valence-corrected chi connectivity index (χ2v) is 8.88. The maximum absolute atomic E-state index is 13.2. The number of rotatable bonds is 9. The maximum atomic E-state index is 13.2. The summed E-state index contributed by atoms with van der Waals surface area (Å²) in [4.78, 5) is 17.5. The highest BCUT2D eigenvalue weighted by molar-refractivity contribution is 5.94. The van der Waals surface area contributed by atoms with Gasteiger partial charge in [-0.1, -0.05) is 37.6 Å². The number of hydrogen-bond acceptors (Lipinski definition) is 5. The van der Waals surface area contributed by atoms with Crippen LogP contribution in [0.15, 0.2) is 42.5 Å². The molecule has 1 saturated heterocycles. The number of carbonyl (C=O) groups is 1. The molecule has 3 rings (SSSR count). The van der Waals surface area contributed by atoms with E-state index in [1.807, 2.05) is 54.3 Å². The Morgan fingerprint density at radius 3 is 2.56 bits per heavy atom. The largest absolute Gasteiger partial charge is 0.497 e. The van der Waals surface area contributed by atoms with Crippen molar-refractivity contribution in [3.05, 3.63) is 59.2 Å². The monoisotopic (exact) mass is 440 g/mol. The number of amides is 1. The number of aryl methyl sites for hydroxylation is 1. The Hall–Kier alpha value is -2.57. The number of morpholine rings is 1. The van der Waals surface area contributed by atoms with Crippen molar-refractivity contribution in [3.63, 3.8) is 0 Å². The zero-order chi connectivity index (χ0) is 23.1. The van der Waals surface area contributed by atoms with Gasteiger partial charge in [-0.15, -0.1) is 0 Å². The average Bonchev–Trinajstić information content (AvgIpc) is 2.79. The number of nitrogens with zero attached hydrogens (tertiary/aromatic N) is 2. The van der Waals surface area contributed by atoms with E-state index in [1.165, 1.54) is 0 Å². The Morgan fingerprint density at radius 1 is 1.16 bits per heavy atom. The molecule has 1 fully saturated rings. The highest BCUT2D eigenvalue weighted by atomic mass is 16.5. The quantitative estimate of drug-likeness (QED) is 0.590. The lowest BCUT2D eigenvalue weighted by atomic mass is 10.1. The predicted molar refractivity (Wildman–Crippen MR) is 126 cm³/mol. The van der Waals surface area contributed by atoms with Crippen LogP contribution in [-0.4, -0.2) is 68.8 Å². The fraction of sp³-hybridized carbons (Fsp3) is 0.500. The van der Waals surface area contributed by atoms with Gasteiger partial charge in [0.15, 0.2) is 0 Å². The normalized spacial score (nSPS) is 16.8. The summed E-state index contributed by atoms with van der Waals surface area (Å²) in [6, 6.07) is 13.7. The van der Waals surface area contributed by atoms with Gasteiger partial charge in [0.05, 0.1) is 26.9 Å². The highest BCUT2D eigenvalue weighted by Crippen LogP contribution is 2.26. The van der Waals surface area contributed by atoms with Gasteiger partial charge in [0.2, 0.25) is 0 Å². The Kier molecular flexibility index (Phi) is 8.53. The molecule has 174 valence electrons. The van der Waals surface area contributed by atoms with E-state index in [2.05, 4.69) is 18.7 Å². The lowest BCUT2D eigenvalue weighted by molar-refractivity contribution is -0.0439. The van der Waals surface area contributed by atoms with Gasteiger partial charge in [-0.2, -0.15) is 0 Å². The Bertz CT molecular complexity index is 882. The van der Waals surface area contributed by atoms with E-state index in [0.29, 0.717) is 25.6 Å². The summed E-state index contributed by atoms with van der Waals surface area (Å²) < 4.78 is 16.9. The van der Waals surface area contributed by atoms with Gasteiger partial charge in [0, 0.05) is 49.9 Å². The van der Waals surface area contributed by atoms with E-state index in [0.717, 1.165) is 47.8 Å². The molecule has 0 aromatic heterocycles. The molecule has 1 heterocycles. The average molecular weight is 441 g/mol. The molecule has 6 nitrogen and oxygen atoms in total. The van der Waals surface area contributed by atoms with E-state index < -0.39 is 0 Å². The van der Waals surface area contributed by atoms with E-state index in [-0.39, 0.29) is 12.0 Å². The SMILES string of the molecule is COc1ccc(CN2CCO[C@@H](CN(CC(C)C)C(=O)c3ccc(C)cc3)C2)c(OC)c1. The van der Waals surface area contributed by atoms with Gasteiger partial charge in [0.25, 0.3) is 5.91 Å². The van der Waals surface area contributed by atoms with Crippen molar-refractivity contribution in [2.24, 2.45) is 5.92 Å². The predicted octanol–water partition coefficient (Wildman–Crippen LogP) is 4.01. The van der Waals surface area contributed by atoms with Gasteiger partial charge in [-0.25, -0.2) is 0 Å². The van der Waals surface area contributed by atoms with E-state index in [9.17, 15) is 4.79 Å². The molecule has 0 N–H and O–H groups in total. The minimum absolute atomic E-state index is 0.0267. The summed E-state index contributed by atoms with van der Waals surface area (Å²) in [5, 5.41) is 0. The summed E-state index contributed by atoms with van der Waals surface area (Å²) in [6.45, 7) is 10.6. The molecule has 0 radical (unpaired) electrons. The molecule has 0 spiro atoms. The maximum Gasteiger partial charge on any atom is 0.253 e. The van der Waals surface area contributed by atoms with Gasteiger partial charge >= 0.3 is 0 Å². The first-order valence-electron chi connectivity index (χ1n) is 11.3. The number of benzene rings is 2. The van der Waals surface area contributed by atoms with Crippen LogP contribution in [0.4, 0.5) is 0 Å². The van der Waals surface area contributed by atoms with Crippen LogP contribution in [-0.2, 0) is 11.3 Å². The summed E-state index contributed by atoms with van der Waals surface area (Å²) in [6.07, 6.45) is -0.0267. The minimum atomic E-state index is -0.0267. The first-order valence-corrected chi connectivity index (χ1v) is 11.3. The van der Waals surface area contributed by atoms with Gasteiger partial charge in [-0.05, 0) is 31.0 Å². The molecule has 0 aliphatic carbocycles. The van der Waals surface area contributed by atoms with Crippen LogP contribution in [0, 0.1) is 12.8 Å². The van der Waals surface area contributed by atoms with Crippen molar-refractivity contribution in [1.29, 1.82) is 0 Å². The van der Waals surface area contributed by atoms with Crippen LogP contribution in [0.3, 0.4) is 0 Å². The van der Waals surface area contributed by atoms with E-state index in [1.54, 1.807) is 14.2 Å². The molecule has 32 heavy (non-hydrogen) atoms. The molecule has 6 heteroatoms. The Labute approximate surface area is 192 Å².